The molecule has 0 bridgehead atoms. The molecule has 1 aliphatic rings. The number of benzene rings is 1. The first-order valence-electron chi connectivity index (χ1n) is 7.71. The van der Waals surface area contributed by atoms with Crippen molar-refractivity contribution in [3.8, 4) is 0 Å². The van der Waals surface area contributed by atoms with Gasteiger partial charge in [0.1, 0.15) is 5.76 Å². The third-order valence-corrected chi connectivity index (χ3v) is 3.67. The van der Waals surface area contributed by atoms with Crippen LogP contribution in [0.3, 0.4) is 0 Å². The average Bonchev–Trinajstić information content (AvgIpc) is 3.09. The van der Waals surface area contributed by atoms with Crippen LogP contribution in [0.15, 0.2) is 53.2 Å². The third kappa shape index (κ3) is 4.81. The Kier molecular flexibility index (Phi) is 5.24. The quantitative estimate of drug-likeness (QED) is 0.863. The number of hydrogen-bond acceptors (Lipinski definition) is 4. The summed E-state index contributed by atoms with van der Waals surface area (Å²) in [5, 5.41) is 2.83. The highest BCUT2D eigenvalue weighted by atomic mass is 16.5. The van der Waals surface area contributed by atoms with Gasteiger partial charge in [-0.3, -0.25) is 9.69 Å². The Morgan fingerprint density at radius 1 is 1.17 bits per heavy atom. The second-order valence-corrected chi connectivity index (χ2v) is 5.42. The predicted octanol–water partition coefficient (Wildman–Crippen LogP) is 2.76. The second-order valence-electron chi connectivity index (χ2n) is 5.42. The van der Waals surface area contributed by atoms with Crippen LogP contribution in [0.4, 0.5) is 5.69 Å². The molecule has 1 saturated heterocycles. The second kappa shape index (κ2) is 7.76. The van der Waals surface area contributed by atoms with Crippen LogP contribution < -0.4 is 5.32 Å². The van der Waals surface area contributed by atoms with E-state index in [-0.39, 0.29) is 5.91 Å². The van der Waals surface area contributed by atoms with Crippen LogP contribution in [0, 0.1) is 0 Å². The minimum atomic E-state index is -0.178. The summed E-state index contributed by atoms with van der Waals surface area (Å²) >= 11 is 0. The van der Waals surface area contributed by atoms with Crippen molar-refractivity contribution in [1.82, 2.24) is 4.90 Å². The van der Waals surface area contributed by atoms with Crippen LogP contribution in [0.25, 0.3) is 6.08 Å². The lowest BCUT2D eigenvalue weighted by atomic mass is 10.2. The molecule has 1 N–H and O–H groups in total. The van der Waals surface area contributed by atoms with E-state index in [2.05, 4.69) is 10.2 Å². The predicted molar refractivity (Wildman–Crippen MR) is 88.9 cm³/mol. The molecule has 5 heteroatoms. The summed E-state index contributed by atoms with van der Waals surface area (Å²) in [5.41, 5.74) is 2.01. The molecule has 2 aromatic rings. The number of hydrogen-bond donors (Lipinski definition) is 1. The summed E-state index contributed by atoms with van der Waals surface area (Å²) in [5.74, 6) is 0.475. The van der Waals surface area contributed by atoms with Crippen LogP contribution in [0.5, 0.6) is 0 Å². The first-order chi connectivity index (χ1) is 11.3. The Balaban J connectivity index is 1.51. The van der Waals surface area contributed by atoms with Crippen LogP contribution >= 0.6 is 0 Å². The monoisotopic (exact) mass is 312 g/mol. The Hall–Kier alpha value is -2.37. The smallest absolute Gasteiger partial charge is 0.248 e. The maximum absolute atomic E-state index is 11.8. The van der Waals surface area contributed by atoms with Gasteiger partial charge in [0, 0.05) is 31.4 Å². The minimum absolute atomic E-state index is 0.178. The molecule has 120 valence electrons. The zero-order valence-corrected chi connectivity index (χ0v) is 12.9. The minimum Gasteiger partial charge on any atom is -0.465 e. The largest absolute Gasteiger partial charge is 0.465 e. The van der Waals surface area contributed by atoms with Gasteiger partial charge in [-0.1, -0.05) is 12.1 Å². The summed E-state index contributed by atoms with van der Waals surface area (Å²) in [4.78, 5) is 14.2. The molecule has 0 radical (unpaired) electrons. The van der Waals surface area contributed by atoms with E-state index in [1.54, 1.807) is 24.5 Å². The number of carbonyl (C=O) groups excluding carboxylic acids is 1. The third-order valence-electron chi connectivity index (χ3n) is 3.67. The van der Waals surface area contributed by atoms with E-state index in [9.17, 15) is 4.79 Å². The molecular formula is C18H20N2O3. The summed E-state index contributed by atoms with van der Waals surface area (Å²) < 4.78 is 10.5. The number of amides is 1. The molecule has 3 rings (SSSR count). The van der Waals surface area contributed by atoms with E-state index in [1.165, 1.54) is 11.6 Å². The number of ether oxygens (including phenoxy) is 1. The Morgan fingerprint density at radius 3 is 2.65 bits per heavy atom. The molecule has 1 aromatic heterocycles. The van der Waals surface area contributed by atoms with Crippen molar-refractivity contribution in [3.63, 3.8) is 0 Å². The molecule has 0 atom stereocenters. The Bertz CT molecular complexity index is 641. The number of carbonyl (C=O) groups is 1. The Labute approximate surface area is 135 Å². The van der Waals surface area contributed by atoms with Crippen LogP contribution in [0.2, 0.25) is 0 Å². The summed E-state index contributed by atoms with van der Waals surface area (Å²) in [6, 6.07) is 11.5. The van der Waals surface area contributed by atoms with Gasteiger partial charge in [-0.15, -0.1) is 0 Å². The first kappa shape index (κ1) is 15.5. The molecular weight excluding hydrogens is 292 g/mol. The van der Waals surface area contributed by atoms with Crippen LogP contribution in [0.1, 0.15) is 11.3 Å². The van der Waals surface area contributed by atoms with Crippen molar-refractivity contribution < 1.29 is 13.9 Å². The summed E-state index contributed by atoms with van der Waals surface area (Å²) in [7, 11) is 0. The van der Waals surface area contributed by atoms with Gasteiger partial charge < -0.3 is 14.5 Å². The fourth-order valence-electron chi connectivity index (χ4n) is 2.44. The number of rotatable bonds is 5. The van der Waals surface area contributed by atoms with Crippen LogP contribution in [-0.4, -0.2) is 37.1 Å². The van der Waals surface area contributed by atoms with E-state index in [0.29, 0.717) is 5.76 Å². The lowest BCUT2D eigenvalue weighted by Gasteiger charge is -2.26. The van der Waals surface area contributed by atoms with Gasteiger partial charge in [0.15, 0.2) is 0 Å². The molecule has 1 amide bonds. The standard InChI is InChI=1S/C18H20N2O3/c21-18(8-7-17-2-1-11-23-17)19-16-5-3-15(4-6-16)14-20-9-12-22-13-10-20/h1-8,11H,9-10,12-14H2,(H,19,21)/b8-7-. The highest BCUT2D eigenvalue weighted by Gasteiger charge is 2.10. The number of nitrogens with zero attached hydrogens (tertiary/aromatic N) is 1. The topological polar surface area (TPSA) is 54.7 Å². The van der Waals surface area contributed by atoms with E-state index in [0.717, 1.165) is 38.5 Å². The Morgan fingerprint density at radius 2 is 1.96 bits per heavy atom. The zero-order chi connectivity index (χ0) is 15.9. The molecule has 1 fully saturated rings. The fourth-order valence-corrected chi connectivity index (χ4v) is 2.44. The number of morpholine rings is 1. The number of furan rings is 1. The fraction of sp³-hybridized carbons (Fsp3) is 0.278. The maximum Gasteiger partial charge on any atom is 0.248 e. The molecule has 0 aliphatic carbocycles. The molecule has 1 aromatic carbocycles. The van der Waals surface area contributed by atoms with Gasteiger partial charge in [0.2, 0.25) is 5.91 Å². The molecule has 0 saturated carbocycles. The highest BCUT2D eigenvalue weighted by Crippen LogP contribution is 2.13. The molecule has 1 aliphatic heterocycles. The van der Waals surface area contributed by atoms with E-state index in [4.69, 9.17) is 9.15 Å². The van der Waals surface area contributed by atoms with E-state index < -0.39 is 0 Å². The molecule has 0 unspecified atom stereocenters. The SMILES string of the molecule is O=C(/C=C\c1ccco1)Nc1ccc(CN2CCOCC2)cc1. The van der Waals surface area contributed by atoms with Crippen molar-refractivity contribution in [2.24, 2.45) is 0 Å². The van der Waals surface area contributed by atoms with Crippen molar-refractivity contribution in [3.05, 3.63) is 60.1 Å². The van der Waals surface area contributed by atoms with E-state index in [1.807, 2.05) is 24.3 Å². The van der Waals surface area contributed by atoms with Crippen LogP contribution in [-0.2, 0) is 16.1 Å². The lowest BCUT2D eigenvalue weighted by molar-refractivity contribution is -0.111. The summed E-state index contributed by atoms with van der Waals surface area (Å²) in [6.07, 6.45) is 4.67. The van der Waals surface area contributed by atoms with Crippen molar-refractivity contribution in [2.75, 3.05) is 31.6 Å². The van der Waals surface area contributed by atoms with Gasteiger partial charge in [-0.25, -0.2) is 0 Å². The van der Waals surface area contributed by atoms with Gasteiger partial charge in [0.25, 0.3) is 0 Å². The number of nitrogens with one attached hydrogen (secondary N) is 1. The average molecular weight is 312 g/mol. The molecule has 2 heterocycles. The molecule has 23 heavy (non-hydrogen) atoms. The van der Waals surface area contributed by atoms with Gasteiger partial charge in [0.05, 0.1) is 19.5 Å². The summed E-state index contributed by atoms with van der Waals surface area (Å²) in [6.45, 7) is 4.45. The highest BCUT2D eigenvalue weighted by molar-refractivity contribution is 6.01. The van der Waals surface area contributed by atoms with Gasteiger partial charge in [-0.05, 0) is 35.9 Å². The van der Waals surface area contributed by atoms with Gasteiger partial charge in [-0.2, -0.15) is 0 Å². The van der Waals surface area contributed by atoms with Crippen molar-refractivity contribution >= 4 is 17.7 Å². The van der Waals surface area contributed by atoms with Crippen molar-refractivity contribution in [1.29, 1.82) is 0 Å². The normalized spacial score (nSPS) is 15.8. The first-order valence-corrected chi connectivity index (χ1v) is 7.71. The zero-order valence-electron chi connectivity index (χ0n) is 12.9. The van der Waals surface area contributed by atoms with Crippen molar-refractivity contribution in [2.45, 2.75) is 6.54 Å². The number of anilines is 1. The molecule has 0 spiro atoms. The van der Waals surface area contributed by atoms with E-state index >= 15 is 0 Å². The lowest BCUT2D eigenvalue weighted by Crippen LogP contribution is -2.35. The van der Waals surface area contributed by atoms with Gasteiger partial charge >= 0.3 is 0 Å². The molecule has 5 nitrogen and oxygen atoms in total. The maximum atomic E-state index is 11.8.